The van der Waals surface area contributed by atoms with E-state index in [-0.39, 0.29) is 5.92 Å². The minimum Gasteiger partial charge on any atom is -0.449 e. The molecule has 0 aliphatic carbocycles. The molecule has 1 aliphatic heterocycles. The summed E-state index contributed by atoms with van der Waals surface area (Å²) in [6, 6.07) is 5.84. The molecule has 16 heavy (non-hydrogen) atoms. The summed E-state index contributed by atoms with van der Waals surface area (Å²) in [5.41, 5.74) is 1.10. The smallest absolute Gasteiger partial charge is 0.246 e. The summed E-state index contributed by atoms with van der Waals surface area (Å²) >= 11 is 0. The lowest BCUT2D eigenvalue weighted by Crippen LogP contribution is -2.29. The Morgan fingerprint density at radius 3 is 2.69 bits per heavy atom. The highest BCUT2D eigenvalue weighted by Gasteiger charge is 2.31. The molecule has 1 aromatic rings. The van der Waals surface area contributed by atoms with Gasteiger partial charge in [-0.05, 0) is 23.6 Å². The fourth-order valence-electron chi connectivity index (χ4n) is 1.83. The van der Waals surface area contributed by atoms with Crippen LogP contribution in [0.4, 0.5) is 0 Å². The van der Waals surface area contributed by atoms with Gasteiger partial charge in [-0.2, -0.15) is 0 Å². The number of aldehydes is 1. The molecule has 3 nitrogen and oxygen atoms in total. The van der Waals surface area contributed by atoms with Crippen molar-refractivity contribution in [3.05, 3.63) is 23.8 Å². The van der Waals surface area contributed by atoms with Gasteiger partial charge in [-0.3, -0.25) is 0 Å². The van der Waals surface area contributed by atoms with Gasteiger partial charge in [-0.25, -0.2) is 0 Å². The van der Waals surface area contributed by atoms with E-state index < -0.39 is 5.79 Å². The van der Waals surface area contributed by atoms with Crippen molar-refractivity contribution in [2.24, 2.45) is 0 Å². The molecule has 1 atom stereocenters. The monoisotopic (exact) mass is 220 g/mol. The first kappa shape index (κ1) is 11.0. The van der Waals surface area contributed by atoms with Crippen molar-refractivity contribution >= 4 is 6.29 Å². The maximum atomic E-state index is 10.5. The van der Waals surface area contributed by atoms with Gasteiger partial charge in [0.25, 0.3) is 0 Å². The zero-order valence-corrected chi connectivity index (χ0v) is 9.82. The van der Waals surface area contributed by atoms with E-state index in [0.29, 0.717) is 6.42 Å². The first-order valence-electron chi connectivity index (χ1n) is 5.47. The fourth-order valence-corrected chi connectivity index (χ4v) is 1.83. The molecule has 2 rings (SSSR count). The fraction of sp³-hybridized carbons (Fsp3) is 0.462. The molecule has 0 amide bonds. The number of ether oxygens (including phenoxy) is 2. The van der Waals surface area contributed by atoms with E-state index in [9.17, 15) is 4.79 Å². The Morgan fingerprint density at radius 1 is 1.31 bits per heavy atom. The second-order valence-corrected chi connectivity index (χ2v) is 4.61. The van der Waals surface area contributed by atoms with Crippen LogP contribution in [0.1, 0.15) is 38.7 Å². The van der Waals surface area contributed by atoms with Crippen LogP contribution >= 0.6 is 0 Å². The van der Waals surface area contributed by atoms with Crippen molar-refractivity contribution in [3.8, 4) is 11.5 Å². The van der Waals surface area contributed by atoms with E-state index in [1.165, 1.54) is 0 Å². The molecule has 3 heteroatoms. The normalized spacial score (nSPS) is 18.2. The second-order valence-electron chi connectivity index (χ2n) is 4.61. The highest BCUT2D eigenvalue weighted by atomic mass is 16.7. The van der Waals surface area contributed by atoms with Gasteiger partial charge in [0.1, 0.15) is 6.29 Å². The van der Waals surface area contributed by atoms with Crippen molar-refractivity contribution in [2.75, 3.05) is 0 Å². The topological polar surface area (TPSA) is 35.5 Å². The SMILES string of the molecule is CC(CC=O)c1ccc2c(c1)OC(C)(C)O2. The third kappa shape index (κ3) is 2.03. The molecular formula is C13H16O3. The summed E-state index contributed by atoms with van der Waals surface area (Å²) in [4.78, 5) is 10.5. The molecule has 0 fully saturated rings. The van der Waals surface area contributed by atoms with Gasteiger partial charge in [0, 0.05) is 20.3 Å². The van der Waals surface area contributed by atoms with Crippen molar-refractivity contribution in [3.63, 3.8) is 0 Å². The van der Waals surface area contributed by atoms with E-state index in [1.807, 2.05) is 39.0 Å². The molecule has 0 bridgehead atoms. The van der Waals surface area contributed by atoms with E-state index in [4.69, 9.17) is 9.47 Å². The lowest BCUT2D eigenvalue weighted by molar-refractivity contribution is -0.108. The van der Waals surface area contributed by atoms with Gasteiger partial charge in [0.15, 0.2) is 11.5 Å². The highest BCUT2D eigenvalue weighted by Crippen LogP contribution is 2.40. The van der Waals surface area contributed by atoms with E-state index in [2.05, 4.69) is 0 Å². The third-order valence-corrected chi connectivity index (χ3v) is 2.70. The Kier molecular flexibility index (Phi) is 2.62. The zero-order chi connectivity index (χ0) is 11.8. The number of benzene rings is 1. The van der Waals surface area contributed by atoms with Crippen molar-refractivity contribution in [1.29, 1.82) is 0 Å². The minimum absolute atomic E-state index is 0.218. The summed E-state index contributed by atoms with van der Waals surface area (Å²) in [5, 5.41) is 0. The third-order valence-electron chi connectivity index (χ3n) is 2.70. The van der Waals surface area contributed by atoms with Crippen LogP contribution in [0.15, 0.2) is 18.2 Å². The second kappa shape index (κ2) is 3.81. The Morgan fingerprint density at radius 2 is 2.00 bits per heavy atom. The first-order chi connectivity index (χ1) is 7.52. The number of rotatable bonds is 3. The maximum Gasteiger partial charge on any atom is 0.246 e. The summed E-state index contributed by atoms with van der Waals surface area (Å²) in [6.45, 7) is 5.78. The van der Waals surface area contributed by atoms with Crippen LogP contribution in [-0.4, -0.2) is 12.1 Å². The van der Waals surface area contributed by atoms with E-state index in [1.54, 1.807) is 0 Å². The van der Waals surface area contributed by atoms with Crippen LogP contribution in [0.3, 0.4) is 0 Å². The van der Waals surface area contributed by atoms with Gasteiger partial charge in [0.05, 0.1) is 0 Å². The molecule has 0 saturated heterocycles. The number of hydrogen-bond acceptors (Lipinski definition) is 3. The van der Waals surface area contributed by atoms with Crippen LogP contribution < -0.4 is 9.47 Å². The minimum atomic E-state index is -0.588. The Hall–Kier alpha value is -1.51. The zero-order valence-electron chi connectivity index (χ0n) is 9.82. The molecule has 1 aromatic carbocycles. The van der Waals surface area contributed by atoms with Gasteiger partial charge in [-0.15, -0.1) is 0 Å². The Bertz CT molecular complexity index is 410. The molecule has 1 unspecified atom stereocenters. The number of carbonyl (C=O) groups excluding carboxylic acids is 1. The Labute approximate surface area is 95.4 Å². The number of carbonyl (C=O) groups is 1. The predicted octanol–water partition coefficient (Wildman–Crippen LogP) is 2.89. The number of hydrogen-bond donors (Lipinski definition) is 0. The Balaban J connectivity index is 2.25. The van der Waals surface area contributed by atoms with E-state index >= 15 is 0 Å². The van der Waals surface area contributed by atoms with Crippen LogP contribution in [0.5, 0.6) is 11.5 Å². The average molecular weight is 220 g/mol. The van der Waals surface area contributed by atoms with Crippen LogP contribution in [0.25, 0.3) is 0 Å². The molecule has 86 valence electrons. The first-order valence-corrected chi connectivity index (χ1v) is 5.47. The number of fused-ring (bicyclic) bond motifs is 1. The van der Waals surface area contributed by atoms with Crippen LogP contribution in [0, 0.1) is 0 Å². The van der Waals surface area contributed by atoms with Gasteiger partial charge in [0.2, 0.25) is 5.79 Å². The summed E-state index contributed by atoms with van der Waals surface area (Å²) < 4.78 is 11.2. The summed E-state index contributed by atoms with van der Waals surface area (Å²) in [7, 11) is 0. The van der Waals surface area contributed by atoms with Crippen molar-refractivity contribution in [1.82, 2.24) is 0 Å². The molecule has 0 saturated carbocycles. The average Bonchev–Trinajstić information content (AvgIpc) is 2.50. The van der Waals surface area contributed by atoms with Crippen LogP contribution in [0.2, 0.25) is 0 Å². The maximum absolute atomic E-state index is 10.5. The van der Waals surface area contributed by atoms with Crippen LogP contribution in [-0.2, 0) is 4.79 Å². The molecule has 1 aliphatic rings. The molecule has 1 heterocycles. The lowest BCUT2D eigenvalue weighted by atomic mass is 9.98. The van der Waals surface area contributed by atoms with E-state index in [0.717, 1.165) is 23.3 Å². The largest absolute Gasteiger partial charge is 0.449 e. The predicted molar refractivity (Wildman–Crippen MR) is 60.9 cm³/mol. The lowest BCUT2D eigenvalue weighted by Gasteiger charge is -2.16. The molecule has 0 spiro atoms. The van der Waals surface area contributed by atoms with Crippen molar-refractivity contribution in [2.45, 2.75) is 38.9 Å². The van der Waals surface area contributed by atoms with Crippen molar-refractivity contribution < 1.29 is 14.3 Å². The van der Waals surface area contributed by atoms with Gasteiger partial charge in [-0.1, -0.05) is 13.0 Å². The molecule has 0 N–H and O–H groups in total. The summed E-state index contributed by atoms with van der Waals surface area (Å²) in [5.74, 6) is 1.16. The molecule has 0 aromatic heterocycles. The van der Waals surface area contributed by atoms with Gasteiger partial charge < -0.3 is 14.3 Å². The summed E-state index contributed by atoms with van der Waals surface area (Å²) in [6.07, 6.45) is 1.47. The molecule has 0 radical (unpaired) electrons. The molecular weight excluding hydrogens is 204 g/mol. The highest BCUT2D eigenvalue weighted by molar-refractivity contribution is 5.53. The standard InChI is InChI=1S/C13H16O3/c1-9(6-7-14)10-4-5-11-12(8-10)16-13(2,3)15-11/h4-5,7-9H,6H2,1-3H3. The van der Waals surface area contributed by atoms with Gasteiger partial charge >= 0.3 is 0 Å². The quantitative estimate of drug-likeness (QED) is 0.735.